The molecule has 0 saturated carbocycles. The maximum absolute atomic E-state index is 12.5. The molecule has 0 unspecified atom stereocenters. The zero-order valence-corrected chi connectivity index (χ0v) is 15.1. The van der Waals surface area contributed by atoms with Crippen molar-refractivity contribution < 1.29 is 14.3 Å². The zero-order valence-electron chi connectivity index (χ0n) is 14.3. The molecular formula is C20H17ClN2O3. The Morgan fingerprint density at radius 2 is 1.92 bits per heavy atom. The normalized spacial score (nSPS) is 11.8. The lowest BCUT2D eigenvalue weighted by Crippen LogP contribution is -2.30. The fourth-order valence-electron chi connectivity index (χ4n) is 2.51. The highest BCUT2D eigenvalue weighted by Crippen LogP contribution is 2.21. The fraction of sp³-hybridized carbons (Fsp3) is 0.150. The standard InChI is InChI=1S/C20H17ClN2O3/c1-12-8-9-15(21)11-17(12)23-19(24)13(2)26-20(25)16-7-3-5-14-6-4-10-22-18(14)16/h3-11,13H,1-2H3,(H,23,24)/t13-/m0/s1. The summed E-state index contributed by atoms with van der Waals surface area (Å²) in [6, 6.07) is 14.1. The van der Waals surface area contributed by atoms with Crippen LogP contribution in [0.25, 0.3) is 10.9 Å². The molecule has 1 N–H and O–H groups in total. The number of aromatic nitrogens is 1. The maximum atomic E-state index is 12.5. The highest BCUT2D eigenvalue weighted by molar-refractivity contribution is 6.31. The minimum atomic E-state index is -0.972. The van der Waals surface area contributed by atoms with Gasteiger partial charge in [0.2, 0.25) is 0 Å². The van der Waals surface area contributed by atoms with Gasteiger partial charge < -0.3 is 10.1 Å². The Balaban J connectivity index is 1.74. The van der Waals surface area contributed by atoms with Gasteiger partial charge in [0.1, 0.15) is 0 Å². The number of carbonyl (C=O) groups excluding carboxylic acids is 2. The van der Waals surface area contributed by atoms with Gasteiger partial charge in [0.15, 0.2) is 6.10 Å². The molecule has 2 aromatic carbocycles. The number of nitrogens with one attached hydrogen (secondary N) is 1. The Hall–Kier alpha value is -2.92. The van der Waals surface area contributed by atoms with Crippen molar-refractivity contribution in [1.29, 1.82) is 0 Å². The quantitative estimate of drug-likeness (QED) is 0.694. The molecule has 3 aromatic rings. The molecule has 0 aliphatic heterocycles. The number of halogens is 1. The first kappa shape index (κ1) is 17.9. The molecule has 6 heteroatoms. The average Bonchev–Trinajstić information content (AvgIpc) is 2.64. The van der Waals surface area contributed by atoms with E-state index in [2.05, 4.69) is 10.3 Å². The second-order valence-corrected chi connectivity index (χ2v) is 6.31. The molecule has 0 spiro atoms. The van der Waals surface area contributed by atoms with Crippen LogP contribution in [0.5, 0.6) is 0 Å². The van der Waals surface area contributed by atoms with Crippen LogP contribution in [0.15, 0.2) is 54.7 Å². The first-order valence-corrected chi connectivity index (χ1v) is 8.45. The van der Waals surface area contributed by atoms with Gasteiger partial charge in [-0.1, -0.05) is 35.9 Å². The van der Waals surface area contributed by atoms with Crippen LogP contribution >= 0.6 is 11.6 Å². The monoisotopic (exact) mass is 368 g/mol. The van der Waals surface area contributed by atoms with Gasteiger partial charge in [-0.2, -0.15) is 0 Å². The topological polar surface area (TPSA) is 68.3 Å². The lowest BCUT2D eigenvalue weighted by Gasteiger charge is -2.15. The number of pyridine rings is 1. The van der Waals surface area contributed by atoms with E-state index in [9.17, 15) is 9.59 Å². The number of nitrogens with zero attached hydrogens (tertiary/aromatic N) is 1. The Morgan fingerprint density at radius 3 is 2.73 bits per heavy atom. The Labute approximate surface area is 156 Å². The van der Waals surface area contributed by atoms with Crippen LogP contribution in [0.1, 0.15) is 22.8 Å². The zero-order chi connectivity index (χ0) is 18.7. The largest absolute Gasteiger partial charge is 0.449 e. The number of benzene rings is 2. The molecule has 1 heterocycles. The van der Waals surface area contributed by atoms with E-state index in [0.717, 1.165) is 10.9 Å². The number of hydrogen-bond donors (Lipinski definition) is 1. The van der Waals surface area contributed by atoms with Gasteiger partial charge >= 0.3 is 5.97 Å². The third-order valence-electron chi connectivity index (χ3n) is 3.96. The third-order valence-corrected chi connectivity index (χ3v) is 4.20. The van der Waals surface area contributed by atoms with Crippen LogP contribution < -0.4 is 5.32 Å². The van der Waals surface area contributed by atoms with Gasteiger partial charge in [0, 0.05) is 22.3 Å². The van der Waals surface area contributed by atoms with Gasteiger partial charge in [0.05, 0.1) is 11.1 Å². The van der Waals surface area contributed by atoms with Crippen molar-refractivity contribution in [3.63, 3.8) is 0 Å². The first-order valence-electron chi connectivity index (χ1n) is 8.07. The second-order valence-electron chi connectivity index (χ2n) is 5.88. The summed E-state index contributed by atoms with van der Waals surface area (Å²) in [5, 5.41) is 4.07. The van der Waals surface area contributed by atoms with E-state index < -0.39 is 18.0 Å². The van der Waals surface area contributed by atoms with Crippen LogP contribution in [-0.4, -0.2) is 23.0 Å². The molecule has 0 bridgehead atoms. The minimum absolute atomic E-state index is 0.321. The first-order chi connectivity index (χ1) is 12.5. The molecule has 0 aliphatic carbocycles. The molecule has 0 fully saturated rings. The van der Waals surface area contributed by atoms with E-state index in [1.165, 1.54) is 6.92 Å². The summed E-state index contributed by atoms with van der Waals surface area (Å²) in [7, 11) is 0. The Morgan fingerprint density at radius 1 is 1.15 bits per heavy atom. The molecule has 0 radical (unpaired) electrons. The molecule has 1 aromatic heterocycles. The number of ether oxygens (including phenoxy) is 1. The molecule has 1 atom stereocenters. The number of para-hydroxylation sites is 1. The van der Waals surface area contributed by atoms with Crippen molar-refractivity contribution in [1.82, 2.24) is 4.98 Å². The van der Waals surface area contributed by atoms with Gasteiger partial charge in [-0.3, -0.25) is 9.78 Å². The van der Waals surface area contributed by atoms with E-state index in [1.54, 1.807) is 42.6 Å². The SMILES string of the molecule is Cc1ccc(Cl)cc1NC(=O)[C@H](C)OC(=O)c1cccc2cccnc12. The van der Waals surface area contributed by atoms with Crippen LogP contribution in [0.3, 0.4) is 0 Å². The number of rotatable bonds is 4. The van der Waals surface area contributed by atoms with Crippen LogP contribution in [0.4, 0.5) is 5.69 Å². The molecule has 5 nitrogen and oxygen atoms in total. The van der Waals surface area contributed by atoms with Crippen molar-refractivity contribution in [3.05, 3.63) is 70.9 Å². The number of carbonyl (C=O) groups is 2. The summed E-state index contributed by atoms with van der Waals surface area (Å²) in [5.41, 5.74) is 2.30. The smallest absolute Gasteiger partial charge is 0.341 e. The molecule has 0 aliphatic rings. The van der Waals surface area contributed by atoms with E-state index in [1.807, 2.05) is 19.1 Å². The molecular weight excluding hydrogens is 352 g/mol. The van der Waals surface area contributed by atoms with E-state index in [4.69, 9.17) is 16.3 Å². The lowest BCUT2D eigenvalue weighted by molar-refractivity contribution is -0.123. The third kappa shape index (κ3) is 3.83. The highest BCUT2D eigenvalue weighted by atomic mass is 35.5. The average molecular weight is 369 g/mol. The molecule has 3 rings (SSSR count). The predicted octanol–water partition coefficient (Wildman–Crippen LogP) is 4.38. The second kappa shape index (κ2) is 7.54. The number of aryl methyl sites for hydroxylation is 1. The van der Waals surface area contributed by atoms with Crippen LogP contribution in [-0.2, 0) is 9.53 Å². The number of amides is 1. The number of hydrogen-bond acceptors (Lipinski definition) is 4. The Kier molecular flexibility index (Phi) is 5.19. The number of esters is 1. The van der Waals surface area contributed by atoms with Crippen molar-refractivity contribution in [3.8, 4) is 0 Å². The number of anilines is 1. The van der Waals surface area contributed by atoms with Gasteiger partial charge in [-0.05, 0) is 43.7 Å². The van der Waals surface area contributed by atoms with Crippen molar-refractivity contribution in [2.75, 3.05) is 5.32 Å². The predicted molar refractivity (Wildman–Crippen MR) is 101 cm³/mol. The van der Waals surface area contributed by atoms with Gasteiger partial charge in [-0.25, -0.2) is 4.79 Å². The summed E-state index contributed by atoms with van der Waals surface area (Å²) in [6.45, 7) is 3.37. The molecule has 1 amide bonds. The molecule has 132 valence electrons. The van der Waals surface area contributed by atoms with E-state index in [-0.39, 0.29) is 0 Å². The summed E-state index contributed by atoms with van der Waals surface area (Å²) in [6.07, 6.45) is 0.636. The minimum Gasteiger partial charge on any atom is -0.449 e. The van der Waals surface area contributed by atoms with Gasteiger partial charge in [-0.15, -0.1) is 0 Å². The van der Waals surface area contributed by atoms with Crippen LogP contribution in [0, 0.1) is 6.92 Å². The lowest BCUT2D eigenvalue weighted by atomic mass is 10.1. The molecule has 0 saturated heterocycles. The Bertz CT molecular complexity index is 982. The van der Waals surface area contributed by atoms with Gasteiger partial charge in [0.25, 0.3) is 5.91 Å². The van der Waals surface area contributed by atoms with Crippen LogP contribution in [0.2, 0.25) is 5.02 Å². The summed E-state index contributed by atoms with van der Waals surface area (Å²) < 4.78 is 5.32. The molecule has 26 heavy (non-hydrogen) atoms. The van der Waals surface area contributed by atoms with Crippen molar-refractivity contribution in [2.24, 2.45) is 0 Å². The summed E-state index contributed by atoms with van der Waals surface area (Å²) >= 11 is 5.96. The number of fused-ring (bicyclic) bond motifs is 1. The van der Waals surface area contributed by atoms with Crippen molar-refractivity contribution >= 4 is 40.1 Å². The summed E-state index contributed by atoms with van der Waals surface area (Å²) in [4.78, 5) is 29.1. The van der Waals surface area contributed by atoms with E-state index >= 15 is 0 Å². The summed E-state index contributed by atoms with van der Waals surface area (Å²) in [5.74, 6) is -1.03. The highest BCUT2D eigenvalue weighted by Gasteiger charge is 2.21. The van der Waals surface area contributed by atoms with Crippen molar-refractivity contribution in [2.45, 2.75) is 20.0 Å². The van der Waals surface area contributed by atoms with E-state index in [0.29, 0.717) is 21.8 Å². The fourth-order valence-corrected chi connectivity index (χ4v) is 2.68. The maximum Gasteiger partial charge on any atom is 0.341 e.